The molecule has 1 saturated heterocycles. The Morgan fingerprint density at radius 3 is 2.46 bits per heavy atom. The summed E-state index contributed by atoms with van der Waals surface area (Å²) in [6, 6.07) is 9.88. The number of hydrogen-bond donors (Lipinski definition) is 2. The number of hydrogen-bond acceptors (Lipinski definition) is 5. The molecule has 2 amide bonds. The van der Waals surface area contributed by atoms with Crippen LogP contribution in [0, 0.1) is 6.92 Å². The number of amides is 2. The molecule has 150 valence electrons. The minimum absolute atomic E-state index is 0.139. The first kappa shape index (κ1) is 19.8. The van der Waals surface area contributed by atoms with Gasteiger partial charge in [-0.25, -0.2) is 13.2 Å². The molecule has 28 heavy (non-hydrogen) atoms. The Balaban J connectivity index is 1.81. The van der Waals surface area contributed by atoms with E-state index in [1.165, 1.54) is 18.5 Å². The van der Waals surface area contributed by atoms with Gasteiger partial charge in [-0.05, 0) is 43.2 Å². The molecule has 9 heteroatoms. The van der Waals surface area contributed by atoms with Crippen LogP contribution >= 0.6 is 0 Å². The van der Waals surface area contributed by atoms with Crippen molar-refractivity contribution < 1.29 is 22.7 Å². The average Bonchev–Trinajstić information content (AvgIpc) is 3.02. The maximum atomic E-state index is 12.5. The van der Waals surface area contributed by atoms with Gasteiger partial charge >= 0.3 is 6.03 Å². The SMILES string of the molecule is COc1cccc(NC(=O)Nc2cc(N3CCCS3(=O)=O)ccc2C)c1OC. The summed E-state index contributed by atoms with van der Waals surface area (Å²) >= 11 is 0. The molecule has 2 aromatic rings. The van der Waals surface area contributed by atoms with Crippen LogP contribution in [0.15, 0.2) is 36.4 Å². The molecule has 0 bridgehead atoms. The van der Waals surface area contributed by atoms with E-state index in [-0.39, 0.29) is 5.75 Å². The van der Waals surface area contributed by atoms with E-state index in [4.69, 9.17) is 9.47 Å². The first-order chi connectivity index (χ1) is 13.4. The number of carbonyl (C=O) groups is 1. The van der Waals surface area contributed by atoms with Crippen molar-refractivity contribution in [3.05, 3.63) is 42.0 Å². The van der Waals surface area contributed by atoms with E-state index in [0.29, 0.717) is 41.5 Å². The van der Waals surface area contributed by atoms with Crippen LogP contribution in [-0.2, 0) is 10.0 Å². The van der Waals surface area contributed by atoms with Gasteiger partial charge in [-0.3, -0.25) is 4.31 Å². The van der Waals surface area contributed by atoms with Crippen LogP contribution in [0.3, 0.4) is 0 Å². The lowest BCUT2D eigenvalue weighted by Gasteiger charge is -2.19. The van der Waals surface area contributed by atoms with Gasteiger partial charge in [0, 0.05) is 12.2 Å². The number of methoxy groups -OCH3 is 2. The third-order valence-electron chi connectivity index (χ3n) is 4.51. The summed E-state index contributed by atoms with van der Waals surface area (Å²) in [5.74, 6) is 1.05. The van der Waals surface area contributed by atoms with Crippen molar-refractivity contribution in [1.29, 1.82) is 0 Å². The van der Waals surface area contributed by atoms with Gasteiger partial charge in [0.2, 0.25) is 10.0 Å². The number of anilines is 3. The number of aryl methyl sites for hydroxylation is 1. The lowest BCUT2D eigenvalue weighted by Crippen LogP contribution is -2.25. The lowest BCUT2D eigenvalue weighted by atomic mass is 10.2. The van der Waals surface area contributed by atoms with Gasteiger partial charge in [0.05, 0.1) is 31.3 Å². The smallest absolute Gasteiger partial charge is 0.323 e. The molecule has 0 aromatic heterocycles. The number of ether oxygens (including phenoxy) is 2. The van der Waals surface area contributed by atoms with E-state index in [0.717, 1.165) is 5.56 Å². The minimum atomic E-state index is -3.29. The van der Waals surface area contributed by atoms with Crippen molar-refractivity contribution in [3.63, 3.8) is 0 Å². The summed E-state index contributed by atoms with van der Waals surface area (Å²) in [5, 5.41) is 5.50. The highest BCUT2D eigenvalue weighted by Gasteiger charge is 2.28. The second-order valence-corrected chi connectivity index (χ2v) is 8.37. The molecule has 0 spiro atoms. The molecule has 2 N–H and O–H groups in total. The van der Waals surface area contributed by atoms with Gasteiger partial charge < -0.3 is 20.1 Å². The van der Waals surface area contributed by atoms with Gasteiger partial charge in [-0.2, -0.15) is 0 Å². The number of rotatable bonds is 5. The second-order valence-electron chi connectivity index (χ2n) is 6.36. The molecule has 0 radical (unpaired) electrons. The van der Waals surface area contributed by atoms with Crippen LogP contribution in [0.4, 0.5) is 21.9 Å². The second kappa shape index (κ2) is 7.97. The zero-order valence-electron chi connectivity index (χ0n) is 16.0. The predicted octanol–water partition coefficient (Wildman–Crippen LogP) is 3.20. The van der Waals surface area contributed by atoms with E-state index in [1.807, 2.05) is 6.92 Å². The number of sulfonamides is 1. The fraction of sp³-hybridized carbons (Fsp3) is 0.316. The monoisotopic (exact) mass is 405 g/mol. The van der Waals surface area contributed by atoms with E-state index >= 15 is 0 Å². The molecule has 3 rings (SSSR count). The Hall–Kier alpha value is -2.94. The average molecular weight is 405 g/mol. The maximum Gasteiger partial charge on any atom is 0.323 e. The quantitative estimate of drug-likeness (QED) is 0.796. The first-order valence-corrected chi connectivity index (χ1v) is 10.4. The van der Waals surface area contributed by atoms with Crippen LogP contribution in [0.25, 0.3) is 0 Å². The highest BCUT2D eigenvalue weighted by atomic mass is 32.2. The van der Waals surface area contributed by atoms with Crippen LogP contribution in [0.2, 0.25) is 0 Å². The Labute approximate surface area is 164 Å². The molecule has 1 fully saturated rings. The number of para-hydroxylation sites is 1. The molecule has 0 unspecified atom stereocenters. The van der Waals surface area contributed by atoms with Crippen molar-refractivity contribution in [2.45, 2.75) is 13.3 Å². The zero-order valence-corrected chi connectivity index (χ0v) is 16.8. The van der Waals surface area contributed by atoms with Gasteiger partial charge in [0.1, 0.15) is 0 Å². The van der Waals surface area contributed by atoms with Gasteiger partial charge in [0.25, 0.3) is 0 Å². The normalized spacial score (nSPS) is 15.2. The topological polar surface area (TPSA) is 97.0 Å². The van der Waals surface area contributed by atoms with Crippen molar-refractivity contribution in [1.82, 2.24) is 0 Å². The number of benzene rings is 2. The molecular formula is C19H23N3O5S. The van der Waals surface area contributed by atoms with Crippen LogP contribution in [0.1, 0.15) is 12.0 Å². The fourth-order valence-electron chi connectivity index (χ4n) is 3.09. The summed E-state index contributed by atoms with van der Waals surface area (Å²) < 4.78 is 36.2. The molecule has 1 aliphatic heterocycles. The third kappa shape index (κ3) is 3.99. The lowest BCUT2D eigenvalue weighted by molar-refractivity contribution is 0.262. The molecule has 1 heterocycles. The molecule has 1 aliphatic rings. The van der Waals surface area contributed by atoms with E-state index in [2.05, 4.69) is 10.6 Å². The highest BCUT2D eigenvalue weighted by Crippen LogP contribution is 2.35. The van der Waals surface area contributed by atoms with E-state index in [9.17, 15) is 13.2 Å². The molecule has 8 nitrogen and oxygen atoms in total. The summed E-state index contributed by atoms with van der Waals surface area (Å²) in [6.45, 7) is 2.28. The van der Waals surface area contributed by atoms with Crippen molar-refractivity contribution in [3.8, 4) is 11.5 Å². The first-order valence-electron chi connectivity index (χ1n) is 8.76. The van der Waals surface area contributed by atoms with Gasteiger partial charge in [-0.1, -0.05) is 12.1 Å². The number of urea groups is 1. The van der Waals surface area contributed by atoms with Crippen molar-refractivity contribution >= 4 is 33.1 Å². The molecule has 2 aromatic carbocycles. The highest BCUT2D eigenvalue weighted by molar-refractivity contribution is 7.93. The van der Waals surface area contributed by atoms with Gasteiger partial charge in [-0.15, -0.1) is 0 Å². The minimum Gasteiger partial charge on any atom is -0.493 e. The molecule has 0 saturated carbocycles. The standard InChI is InChI=1S/C19H23N3O5S/c1-13-8-9-14(22-10-5-11-28(22,24)25)12-16(13)21-19(23)20-15-6-4-7-17(26-2)18(15)27-3/h4,6-9,12H,5,10-11H2,1-3H3,(H2,20,21,23). The van der Waals surface area contributed by atoms with Crippen molar-refractivity contribution in [2.24, 2.45) is 0 Å². The predicted molar refractivity (Wildman–Crippen MR) is 109 cm³/mol. The zero-order chi connectivity index (χ0) is 20.3. The number of nitrogens with one attached hydrogen (secondary N) is 2. The summed E-state index contributed by atoms with van der Waals surface area (Å²) in [5.41, 5.74) is 2.33. The largest absolute Gasteiger partial charge is 0.493 e. The van der Waals surface area contributed by atoms with Crippen LogP contribution < -0.4 is 24.4 Å². The number of nitrogens with zero attached hydrogens (tertiary/aromatic N) is 1. The molecule has 0 aliphatic carbocycles. The third-order valence-corrected chi connectivity index (χ3v) is 6.38. The Bertz CT molecular complexity index is 991. The van der Waals surface area contributed by atoms with E-state index < -0.39 is 16.1 Å². The number of carbonyl (C=O) groups excluding carboxylic acids is 1. The summed E-state index contributed by atoms with van der Waals surface area (Å²) in [7, 11) is -0.281. The van der Waals surface area contributed by atoms with Crippen molar-refractivity contribution in [2.75, 3.05) is 41.5 Å². The summed E-state index contributed by atoms with van der Waals surface area (Å²) in [4.78, 5) is 12.5. The Morgan fingerprint density at radius 1 is 1.07 bits per heavy atom. The summed E-state index contributed by atoms with van der Waals surface area (Å²) in [6.07, 6.45) is 0.592. The van der Waals surface area contributed by atoms with E-state index in [1.54, 1.807) is 36.4 Å². The maximum absolute atomic E-state index is 12.5. The van der Waals surface area contributed by atoms with Gasteiger partial charge in [0.15, 0.2) is 11.5 Å². The molecule has 0 atom stereocenters. The molecular weight excluding hydrogens is 382 g/mol. The Morgan fingerprint density at radius 2 is 1.82 bits per heavy atom. The van der Waals surface area contributed by atoms with Crippen LogP contribution in [-0.4, -0.2) is 41.0 Å². The van der Waals surface area contributed by atoms with Crippen LogP contribution in [0.5, 0.6) is 11.5 Å². The fourth-order valence-corrected chi connectivity index (χ4v) is 4.65. The Kier molecular flexibility index (Phi) is 5.64.